The van der Waals surface area contributed by atoms with Crippen LogP contribution in [0.2, 0.25) is 0 Å². The van der Waals surface area contributed by atoms with Crippen molar-refractivity contribution >= 4 is 21.7 Å². The van der Waals surface area contributed by atoms with Gasteiger partial charge in [-0.3, -0.25) is 9.59 Å². The van der Waals surface area contributed by atoms with Gasteiger partial charge in [0.2, 0.25) is 0 Å². The Morgan fingerprint density at radius 3 is 2.45 bits per heavy atom. The second-order valence-corrected chi connectivity index (χ2v) is 6.90. The Labute approximate surface area is 130 Å². The summed E-state index contributed by atoms with van der Waals surface area (Å²) in [5, 5.41) is 2.69. The van der Waals surface area contributed by atoms with Crippen LogP contribution in [-0.2, 0) is 19.4 Å². The molecule has 0 atom stereocenters. The monoisotopic (exact) mass is 327 g/mol. The number of rotatable bonds is 8. The summed E-state index contributed by atoms with van der Waals surface area (Å²) in [6.07, 6.45) is 3.63. The van der Waals surface area contributed by atoms with E-state index < -0.39 is 15.7 Å². The Balaban J connectivity index is 2.46. The van der Waals surface area contributed by atoms with Gasteiger partial charge in [0, 0.05) is 19.2 Å². The van der Waals surface area contributed by atoms with Crippen molar-refractivity contribution in [1.29, 1.82) is 0 Å². The third-order valence-electron chi connectivity index (χ3n) is 3.10. The fourth-order valence-electron chi connectivity index (χ4n) is 1.95. The summed E-state index contributed by atoms with van der Waals surface area (Å²) >= 11 is 0. The van der Waals surface area contributed by atoms with Crippen molar-refractivity contribution < 1.29 is 22.7 Å². The quantitative estimate of drug-likeness (QED) is 0.578. The predicted octanol–water partition coefficient (Wildman–Crippen LogP) is 1.55. The maximum absolute atomic E-state index is 12.0. The van der Waals surface area contributed by atoms with Gasteiger partial charge < -0.3 is 10.1 Å². The summed E-state index contributed by atoms with van der Waals surface area (Å²) in [5.41, 5.74) is 0.152. The van der Waals surface area contributed by atoms with Crippen LogP contribution >= 0.6 is 0 Å². The van der Waals surface area contributed by atoms with Crippen molar-refractivity contribution in [3.8, 4) is 0 Å². The van der Waals surface area contributed by atoms with Gasteiger partial charge >= 0.3 is 5.97 Å². The summed E-state index contributed by atoms with van der Waals surface area (Å²) in [4.78, 5) is 23.0. The number of sulfone groups is 1. The predicted molar refractivity (Wildman–Crippen MR) is 82.4 cm³/mol. The van der Waals surface area contributed by atoms with Crippen LogP contribution in [0.4, 0.5) is 0 Å². The average molecular weight is 327 g/mol. The molecule has 1 aromatic rings. The van der Waals surface area contributed by atoms with Gasteiger partial charge in [-0.25, -0.2) is 8.42 Å². The maximum Gasteiger partial charge on any atom is 0.305 e. The van der Waals surface area contributed by atoms with Gasteiger partial charge in [0.15, 0.2) is 9.84 Å². The van der Waals surface area contributed by atoms with Gasteiger partial charge in [-0.2, -0.15) is 0 Å². The van der Waals surface area contributed by atoms with Gasteiger partial charge in [-0.1, -0.05) is 18.6 Å². The number of nitrogens with one attached hydrogen (secondary N) is 1. The second-order valence-electron chi connectivity index (χ2n) is 4.91. The first kappa shape index (κ1) is 18.2. The first-order valence-corrected chi connectivity index (χ1v) is 8.89. The summed E-state index contributed by atoms with van der Waals surface area (Å²) in [7, 11) is -2.09. The first-order chi connectivity index (χ1) is 10.4. The smallest absolute Gasteiger partial charge is 0.305 e. The van der Waals surface area contributed by atoms with E-state index in [4.69, 9.17) is 0 Å². The van der Waals surface area contributed by atoms with E-state index in [0.29, 0.717) is 25.8 Å². The van der Waals surface area contributed by atoms with E-state index in [2.05, 4.69) is 10.1 Å². The molecule has 1 N–H and O–H groups in total. The normalized spacial score (nSPS) is 11.0. The molecule has 0 spiro atoms. The van der Waals surface area contributed by atoms with Crippen LogP contribution in [0.1, 0.15) is 36.0 Å². The van der Waals surface area contributed by atoms with Crippen LogP contribution in [0.3, 0.4) is 0 Å². The molecule has 0 aromatic heterocycles. The summed E-state index contributed by atoms with van der Waals surface area (Å²) in [6, 6.07) is 6.11. The Hall–Kier alpha value is -1.89. The molecule has 0 saturated carbocycles. The molecule has 0 heterocycles. The number of unbranched alkanes of at least 4 members (excludes halogenated alkanes) is 2. The minimum Gasteiger partial charge on any atom is -0.469 e. The first-order valence-electron chi connectivity index (χ1n) is 7.00. The molecule has 0 bridgehead atoms. The fraction of sp³-hybridized carbons (Fsp3) is 0.467. The molecule has 0 aliphatic rings. The zero-order valence-corrected chi connectivity index (χ0v) is 13.6. The van der Waals surface area contributed by atoms with Crippen molar-refractivity contribution in [2.24, 2.45) is 0 Å². The molecule has 7 heteroatoms. The molecule has 0 saturated heterocycles. The molecule has 122 valence electrons. The van der Waals surface area contributed by atoms with Gasteiger partial charge in [0.05, 0.1) is 17.6 Å². The number of carbonyl (C=O) groups is 2. The zero-order chi connectivity index (χ0) is 16.6. The lowest BCUT2D eigenvalue weighted by Gasteiger charge is -2.08. The van der Waals surface area contributed by atoms with E-state index in [9.17, 15) is 18.0 Å². The number of ether oxygens (including phenoxy) is 1. The van der Waals surface area contributed by atoms with Gasteiger partial charge in [-0.05, 0) is 25.0 Å². The molecule has 0 aliphatic carbocycles. The molecule has 1 aromatic carbocycles. The third-order valence-corrected chi connectivity index (χ3v) is 4.26. The van der Waals surface area contributed by atoms with Gasteiger partial charge in [0.25, 0.3) is 5.91 Å². The van der Waals surface area contributed by atoms with E-state index >= 15 is 0 Å². The highest BCUT2D eigenvalue weighted by molar-refractivity contribution is 7.90. The molecule has 22 heavy (non-hydrogen) atoms. The number of methoxy groups -OCH3 is 1. The lowest BCUT2D eigenvalue weighted by atomic mass is 10.2. The number of carbonyl (C=O) groups excluding carboxylic acids is 2. The molecule has 1 rings (SSSR count). The van der Waals surface area contributed by atoms with Crippen molar-refractivity contribution in [3.05, 3.63) is 29.8 Å². The lowest BCUT2D eigenvalue weighted by Crippen LogP contribution is -2.26. The van der Waals surface area contributed by atoms with Crippen LogP contribution < -0.4 is 5.32 Å². The molecular formula is C15H21NO5S. The maximum atomic E-state index is 12.0. The third kappa shape index (κ3) is 5.85. The highest BCUT2D eigenvalue weighted by Crippen LogP contribution is 2.15. The van der Waals surface area contributed by atoms with Gasteiger partial charge in [-0.15, -0.1) is 0 Å². The number of hydrogen-bond acceptors (Lipinski definition) is 5. The summed E-state index contributed by atoms with van der Waals surface area (Å²) < 4.78 is 27.8. The zero-order valence-electron chi connectivity index (χ0n) is 12.8. The van der Waals surface area contributed by atoms with Crippen molar-refractivity contribution in [2.45, 2.75) is 30.6 Å². The average Bonchev–Trinajstić information content (AvgIpc) is 2.49. The largest absolute Gasteiger partial charge is 0.469 e. The minimum absolute atomic E-state index is 0.0261. The highest BCUT2D eigenvalue weighted by atomic mass is 32.2. The van der Waals surface area contributed by atoms with E-state index in [1.807, 2.05) is 0 Å². The minimum atomic E-state index is -3.44. The molecule has 1 amide bonds. The van der Waals surface area contributed by atoms with Crippen LogP contribution in [0.5, 0.6) is 0 Å². The van der Waals surface area contributed by atoms with Crippen molar-refractivity contribution in [1.82, 2.24) is 5.32 Å². The summed E-state index contributed by atoms with van der Waals surface area (Å²) in [5.74, 6) is -0.653. The van der Waals surface area contributed by atoms with E-state index in [1.165, 1.54) is 19.2 Å². The van der Waals surface area contributed by atoms with E-state index in [1.54, 1.807) is 12.1 Å². The van der Waals surface area contributed by atoms with Gasteiger partial charge in [0.1, 0.15) is 0 Å². The van der Waals surface area contributed by atoms with Crippen LogP contribution in [0.15, 0.2) is 29.2 Å². The molecule has 0 radical (unpaired) electrons. The molecule has 0 fully saturated rings. The number of esters is 1. The lowest BCUT2D eigenvalue weighted by molar-refractivity contribution is -0.140. The molecule has 6 nitrogen and oxygen atoms in total. The Kier molecular flexibility index (Phi) is 7.04. The van der Waals surface area contributed by atoms with Crippen LogP contribution in [-0.4, -0.2) is 40.2 Å². The molecule has 0 unspecified atom stereocenters. The SMILES string of the molecule is COC(=O)CCCCCNC(=O)c1ccccc1S(C)(=O)=O. The van der Waals surface area contributed by atoms with E-state index in [-0.39, 0.29) is 16.4 Å². The number of amides is 1. The Morgan fingerprint density at radius 2 is 1.82 bits per heavy atom. The van der Waals surface area contributed by atoms with Crippen molar-refractivity contribution in [2.75, 3.05) is 19.9 Å². The Bertz CT molecular complexity index is 625. The molecular weight excluding hydrogens is 306 g/mol. The number of hydrogen-bond donors (Lipinski definition) is 1. The Morgan fingerprint density at radius 1 is 1.14 bits per heavy atom. The van der Waals surface area contributed by atoms with E-state index in [0.717, 1.165) is 12.7 Å². The van der Waals surface area contributed by atoms with Crippen LogP contribution in [0, 0.1) is 0 Å². The van der Waals surface area contributed by atoms with Crippen molar-refractivity contribution in [3.63, 3.8) is 0 Å². The molecule has 0 aliphatic heterocycles. The number of benzene rings is 1. The standard InChI is InChI=1S/C15H21NO5S/c1-21-14(17)10-4-3-7-11-16-15(18)12-8-5-6-9-13(12)22(2,19)20/h5-6,8-9H,3-4,7,10-11H2,1-2H3,(H,16,18). The topological polar surface area (TPSA) is 89.5 Å². The fourth-order valence-corrected chi connectivity index (χ4v) is 2.83. The highest BCUT2D eigenvalue weighted by Gasteiger charge is 2.17. The second kappa shape index (κ2) is 8.53. The van der Waals surface area contributed by atoms with Crippen LogP contribution in [0.25, 0.3) is 0 Å². The summed E-state index contributed by atoms with van der Waals surface area (Å²) in [6.45, 7) is 0.429.